The fourth-order valence-electron chi connectivity index (χ4n) is 7.44. The van der Waals surface area contributed by atoms with Crippen molar-refractivity contribution >= 4 is 34.5 Å². The second-order valence-electron chi connectivity index (χ2n) is 13.1. The van der Waals surface area contributed by atoms with Crippen LogP contribution in [0.2, 0.25) is 0 Å². The molecule has 4 heterocycles. The largest absolute Gasteiger partial charge is 0.383 e. The Balaban J connectivity index is 1.10. The second kappa shape index (κ2) is 12.4. The van der Waals surface area contributed by atoms with Gasteiger partial charge in [-0.25, -0.2) is 15.0 Å². The van der Waals surface area contributed by atoms with Gasteiger partial charge in [-0.2, -0.15) is 0 Å². The Kier molecular flexibility index (Phi) is 7.17. The molecule has 0 spiro atoms. The van der Waals surface area contributed by atoms with Crippen molar-refractivity contribution in [1.29, 1.82) is 0 Å². The van der Waals surface area contributed by atoms with Gasteiger partial charge in [0.1, 0.15) is 0 Å². The van der Waals surface area contributed by atoms with Gasteiger partial charge >= 0.3 is 6.85 Å². The van der Waals surface area contributed by atoms with Crippen LogP contribution in [0.4, 0.5) is 5.69 Å². The highest BCUT2D eigenvalue weighted by atomic mass is 15.1. The third-order valence-corrected chi connectivity index (χ3v) is 10.0. The van der Waals surface area contributed by atoms with Crippen molar-refractivity contribution in [3.63, 3.8) is 0 Å². The first-order valence-electron chi connectivity index (χ1n) is 17.5. The topological polar surface area (TPSA) is 54.8 Å². The molecule has 6 heteroatoms. The molecule has 0 unspecified atom stereocenters. The minimum atomic E-state index is -0.116. The number of hydrogen-bond donors (Lipinski definition) is 0. The summed E-state index contributed by atoms with van der Waals surface area (Å²) in [4.78, 5) is 22.3. The summed E-state index contributed by atoms with van der Waals surface area (Å²) in [6.45, 7) is -0.116. The second-order valence-corrected chi connectivity index (χ2v) is 13.1. The summed E-state index contributed by atoms with van der Waals surface area (Å²) in [5.41, 5.74) is 13.3. The standard InChI is InChI=1S/C46H30BN5/c1-4-11-31(12-5-1)32-18-20-33(21-19-32)37-23-25-41-40(29-37)39-24-22-34-17-10-27-48-43(34)42(39)47-30-38(26-28-52(41)47)46-50-44(35-13-6-2-7-14-35)49-45(51-46)36-15-8-3-9-16-36/h1-30H. The van der Waals surface area contributed by atoms with Crippen LogP contribution in [0.25, 0.3) is 72.6 Å². The van der Waals surface area contributed by atoms with Crippen LogP contribution in [0.3, 0.4) is 0 Å². The van der Waals surface area contributed by atoms with Gasteiger partial charge in [-0.1, -0.05) is 146 Å². The normalized spacial score (nSPS) is 13.0. The van der Waals surface area contributed by atoms with E-state index < -0.39 is 0 Å². The van der Waals surface area contributed by atoms with Gasteiger partial charge in [0.25, 0.3) is 0 Å². The van der Waals surface area contributed by atoms with Crippen molar-refractivity contribution in [3.8, 4) is 56.2 Å². The summed E-state index contributed by atoms with van der Waals surface area (Å²) in [6.07, 6.45) is 6.19. The molecule has 0 amide bonds. The van der Waals surface area contributed by atoms with Crippen molar-refractivity contribution in [2.45, 2.75) is 0 Å². The Labute approximate surface area is 302 Å². The fourth-order valence-corrected chi connectivity index (χ4v) is 7.44. The lowest BCUT2D eigenvalue weighted by Crippen LogP contribution is -2.50. The minimum Gasteiger partial charge on any atom is -0.383 e. The fraction of sp³-hybridized carbons (Fsp3) is 0. The number of anilines is 1. The Morgan fingerprint density at radius 2 is 1.04 bits per heavy atom. The lowest BCUT2D eigenvalue weighted by molar-refractivity contribution is 1.04. The van der Waals surface area contributed by atoms with Crippen molar-refractivity contribution in [3.05, 3.63) is 188 Å². The van der Waals surface area contributed by atoms with E-state index in [0.29, 0.717) is 17.5 Å². The Morgan fingerprint density at radius 1 is 0.462 bits per heavy atom. The van der Waals surface area contributed by atoms with Crippen LogP contribution in [-0.4, -0.2) is 26.8 Å². The number of nitrogens with zero attached hydrogens (tertiary/aromatic N) is 5. The smallest absolute Gasteiger partial charge is 0.323 e. The first-order valence-corrected chi connectivity index (χ1v) is 17.5. The summed E-state index contributed by atoms with van der Waals surface area (Å²) >= 11 is 0. The molecule has 10 rings (SSSR count). The average molecular weight is 664 g/mol. The van der Waals surface area contributed by atoms with Crippen LogP contribution in [0, 0.1) is 0 Å². The van der Waals surface area contributed by atoms with E-state index in [2.05, 4.69) is 114 Å². The summed E-state index contributed by atoms with van der Waals surface area (Å²) in [5, 5.41) is 1.11. The highest BCUT2D eigenvalue weighted by Crippen LogP contribution is 2.42. The van der Waals surface area contributed by atoms with Crippen LogP contribution in [0.5, 0.6) is 0 Å². The third kappa shape index (κ3) is 5.20. The van der Waals surface area contributed by atoms with E-state index in [4.69, 9.17) is 19.9 Å². The molecule has 6 aromatic carbocycles. The predicted molar refractivity (Wildman–Crippen MR) is 214 cm³/mol. The summed E-state index contributed by atoms with van der Waals surface area (Å²) in [5.74, 6) is 4.21. The van der Waals surface area contributed by atoms with E-state index in [1.807, 2.05) is 72.9 Å². The van der Waals surface area contributed by atoms with Crippen LogP contribution in [0.15, 0.2) is 182 Å². The molecule has 2 aliphatic rings. The predicted octanol–water partition coefficient (Wildman–Crippen LogP) is 9.92. The van der Waals surface area contributed by atoms with Crippen LogP contribution in [-0.2, 0) is 0 Å². The molecule has 2 aromatic heterocycles. The maximum absolute atomic E-state index is 5.05. The van der Waals surface area contributed by atoms with Gasteiger partial charge in [0, 0.05) is 34.1 Å². The average Bonchev–Trinajstić information content (AvgIpc) is 3.24. The molecule has 242 valence electrons. The molecular weight excluding hydrogens is 633 g/mol. The first-order chi connectivity index (χ1) is 25.8. The molecule has 0 saturated heterocycles. The summed E-state index contributed by atoms with van der Waals surface area (Å²) < 4.78 is 0. The van der Waals surface area contributed by atoms with Gasteiger partial charge in [-0.05, 0) is 69.1 Å². The number of aromatic nitrogens is 4. The van der Waals surface area contributed by atoms with Gasteiger partial charge in [-0.15, -0.1) is 0 Å². The van der Waals surface area contributed by atoms with E-state index in [9.17, 15) is 0 Å². The summed E-state index contributed by atoms with van der Waals surface area (Å²) in [7, 11) is 0. The van der Waals surface area contributed by atoms with E-state index in [0.717, 1.165) is 33.3 Å². The number of allylic oxidation sites excluding steroid dienone is 2. The molecule has 0 bridgehead atoms. The quantitative estimate of drug-likeness (QED) is 0.172. The monoisotopic (exact) mass is 663 g/mol. The Morgan fingerprint density at radius 3 is 1.71 bits per heavy atom. The van der Waals surface area contributed by atoms with Gasteiger partial charge < -0.3 is 4.81 Å². The number of fused-ring (bicyclic) bond motifs is 8. The molecule has 0 atom stereocenters. The number of hydrogen-bond acceptors (Lipinski definition) is 5. The van der Waals surface area contributed by atoms with Gasteiger partial charge in [-0.3, -0.25) is 4.98 Å². The maximum Gasteiger partial charge on any atom is 0.323 e. The van der Waals surface area contributed by atoms with E-state index in [-0.39, 0.29) is 6.85 Å². The first kappa shape index (κ1) is 30.0. The van der Waals surface area contributed by atoms with E-state index in [1.165, 1.54) is 38.8 Å². The number of benzene rings is 6. The molecule has 2 aliphatic heterocycles. The van der Waals surface area contributed by atoms with Crippen LogP contribution >= 0.6 is 0 Å². The summed E-state index contributed by atoms with van der Waals surface area (Å²) in [6, 6.07) is 55.0. The van der Waals surface area contributed by atoms with Gasteiger partial charge in [0.2, 0.25) is 0 Å². The van der Waals surface area contributed by atoms with Crippen LogP contribution < -0.4 is 10.3 Å². The molecule has 8 aromatic rings. The Bertz CT molecular complexity index is 2620. The number of rotatable bonds is 5. The lowest BCUT2D eigenvalue weighted by atomic mass is 9.48. The molecule has 0 saturated carbocycles. The molecule has 52 heavy (non-hydrogen) atoms. The zero-order valence-corrected chi connectivity index (χ0v) is 28.1. The maximum atomic E-state index is 5.05. The highest BCUT2D eigenvalue weighted by Gasteiger charge is 2.37. The van der Waals surface area contributed by atoms with E-state index in [1.54, 1.807) is 0 Å². The van der Waals surface area contributed by atoms with E-state index >= 15 is 0 Å². The Hall–Kier alpha value is -6.92. The van der Waals surface area contributed by atoms with Crippen molar-refractivity contribution in [2.24, 2.45) is 0 Å². The van der Waals surface area contributed by atoms with Gasteiger partial charge in [0.15, 0.2) is 17.5 Å². The third-order valence-electron chi connectivity index (χ3n) is 10.0. The van der Waals surface area contributed by atoms with Crippen molar-refractivity contribution < 1.29 is 0 Å². The number of pyridine rings is 1. The molecule has 0 aliphatic carbocycles. The SMILES string of the molecule is C1=CN2B(C=C1c1nc(-c3ccccc3)nc(-c3ccccc3)n1)c1c(ccc3cccnc13)-c1cc(-c3ccc(-c4ccccc4)cc3)ccc12. The molecular formula is C46H30BN5. The molecule has 0 fully saturated rings. The molecule has 0 radical (unpaired) electrons. The van der Waals surface area contributed by atoms with Gasteiger partial charge in [0.05, 0.1) is 5.52 Å². The molecule has 0 N–H and O–H groups in total. The minimum absolute atomic E-state index is 0.116. The zero-order valence-electron chi connectivity index (χ0n) is 28.1. The zero-order chi connectivity index (χ0) is 34.4. The lowest BCUT2D eigenvalue weighted by Gasteiger charge is -2.37. The molecule has 5 nitrogen and oxygen atoms in total. The van der Waals surface area contributed by atoms with Crippen molar-refractivity contribution in [1.82, 2.24) is 19.9 Å². The van der Waals surface area contributed by atoms with Crippen LogP contribution in [0.1, 0.15) is 5.82 Å². The highest BCUT2D eigenvalue weighted by molar-refractivity contribution is 6.86. The van der Waals surface area contributed by atoms with Crippen molar-refractivity contribution in [2.75, 3.05) is 4.81 Å².